The molecule has 0 aliphatic carbocycles. The summed E-state index contributed by atoms with van der Waals surface area (Å²) in [6, 6.07) is 16.3. The number of hydrogen-bond donors (Lipinski definition) is 2. The molecule has 9 heteroatoms. The highest BCUT2D eigenvalue weighted by atomic mass is 31.2. The van der Waals surface area contributed by atoms with Crippen molar-refractivity contribution in [3.05, 3.63) is 71.8 Å². The van der Waals surface area contributed by atoms with E-state index in [0.717, 1.165) is 0 Å². The number of hydroxylamine groups is 2. The molecule has 2 amide bonds. The van der Waals surface area contributed by atoms with E-state index in [1.807, 2.05) is 11.0 Å². The Bertz CT molecular complexity index is 694. The molecular formula is C16H17N2O6P. The van der Waals surface area contributed by atoms with Crippen molar-refractivity contribution < 1.29 is 27.9 Å². The largest absolute Gasteiger partial charge is 0.517 e. The van der Waals surface area contributed by atoms with Gasteiger partial charge in [0.25, 0.3) is 11.8 Å². The van der Waals surface area contributed by atoms with E-state index in [1.165, 1.54) is 0 Å². The predicted molar refractivity (Wildman–Crippen MR) is 89.2 cm³/mol. The summed E-state index contributed by atoms with van der Waals surface area (Å²) in [4.78, 5) is 23.8. The van der Waals surface area contributed by atoms with Crippen LogP contribution in [0.1, 0.15) is 27.6 Å². The van der Waals surface area contributed by atoms with E-state index in [1.54, 1.807) is 67.6 Å². The molecule has 8 nitrogen and oxygen atoms in total. The maximum Gasteiger partial charge on any atom is 0.517 e. The molecule has 0 bridgehead atoms. The van der Waals surface area contributed by atoms with E-state index in [9.17, 15) is 14.2 Å². The van der Waals surface area contributed by atoms with Gasteiger partial charge in [0.05, 0.1) is 6.61 Å². The van der Waals surface area contributed by atoms with Gasteiger partial charge in [-0.25, -0.2) is 15.5 Å². The molecule has 0 radical (unpaired) electrons. The maximum absolute atomic E-state index is 12.4. The zero-order valence-corrected chi connectivity index (χ0v) is 14.3. The summed E-state index contributed by atoms with van der Waals surface area (Å²) >= 11 is 0. The summed E-state index contributed by atoms with van der Waals surface area (Å²) in [7, 11) is -4.23. The lowest BCUT2D eigenvalue weighted by molar-refractivity contribution is 0.0327. The summed E-state index contributed by atoms with van der Waals surface area (Å²) in [5, 5.41) is 0. The Morgan fingerprint density at radius 1 is 0.840 bits per heavy atom. The van der Waals surface area contributed by atoms with E-state index >= 15 is 0 Å². The number of amides is 2. The Kier molecular flexibility index (Phi) is 6.85. The van der Waals surface area contributed by atoms with Gasteiger partial charge in [-0.1, -0.05) is 36.4 Å². The van der Waals surface area contributed by atoms with E-state index in [4.69, 9.17) is 13.8 Å². The van der Waals surface area contributed by atoms with Crippen LogP contribution in [-0.2, 0) is 18.3 Å². The second kappa shape index (κ2) is 9.10. The van der Waals surface area contributed by atoms with E-state index in [2.05, 4.69) is 0 Å². The molecule has 0 fully saturated rings. The Balaban J connectivity index is 1.94. The Hall–Kier alpha value is -2.51. The van der Waals surface area contributed by atoms with E-state index < -0.39 is 19.6 Å². The fourth-order valence-electron chi connectivity index (χ4n) is 1.72. The number of hydrogen-bond acceptors (Lipinski definition) is 6. The lowest BCUT2D eigenvalue weighted by atomic mass is 10.2. The molecular weight excluding hydrogens is 347 g/mol. The van der Waals surface area contributed by atoms with Crippen molar-refractivity contribution in [2.24, 2.45) is 0 Å². The summed E-state index contributed by atoms with van der Waals surface area (Å²) in [5.74, 6) is -1.28. The van der Waals surface area contributed by atoms with Gasteiger partial charge >= 0.3 is 7.82 Å². The molecule has 0 saturated carbocycles. The molecule has 2 rings (SSSR count). The number of benzene rings is 2. The van der Waals surface area contributed by atoms with Crippen LogP contribution < -0.4 is 11.0 Å². The zero-order chi connectivity index (χ0) is 18.1. The van der Waals surface area contributed by atoms with Gasteiger partial charge in [-0.15, -0.1) is 0 Å². The van der Waals surface area contributed by atoms with Crippen molar-refractivity contribution in [3.8, 4) is 0 Å². The lowest BCUT2D eigenvalue weighted by Gasteiger charge is -2.16. The molecule has 132 valence electrons. The fourth-order valence-corrected chi connectivity index (χ4v) is 2.57. The predicted octanol–water partition coefficient (Wildman–Crippen LogP) is 2.85. The molecule has 2 N–H and O–H groups in total. The van der Waals surface area contributed by atoms with Gasteiger partial charge in [0, 0.05) is 11.1 Å². The third-order valence-corrected chi connectivity index (χ3v) is 4.06. The van der Waals surface area contributed by atoms with Gasteiger partial charge in [0.1, 0.15) is 0 Å². The smallest absolute Gasteiger partial charge is 0.285 e. The SMILES string of the molecule is CCOP(=O)(ONC(=O)c1ccccc1)ONC(=O)c1ccccc1. The highest BCUT2D eigenvalue weighted by Gasteiger charge is 2.30. The third-order valence-electron chi connectivity index (χ3n) is 2.86. The third kappa shape index (κ3) is 5.81. The zero-order valence-electron chi connectivity index (χ0n) is 13.4. The molecule has 25 heavy (non-hydrogen) atoms. The number of rotatable bonds is 8. The minimum absolute atomic E-state index is 0.0281. The van der Waals surface area contributed by atoms with Crippen LogP contribution in [0.5, 0.6) is 0 Å². The number of carbonyl (C=O) groups is 2. The lowest BCUT2D eigenvalue weighted by Crippen LogP contribution is -2.28. The molecule has 0 spiro atoms. The first-order valence-corrected chi connectivity index (χ1v) is 8.82. The molecule has 2 aromatic rings. The van der Waals surface area contributed by atoms with Crippen molar-refractivity contribution in [3.63, 3.8) is 0 Å². The van der Waals surface area contributed by atoms with Gasteiger partial charge in [-0.3, -0.25) is 14.1 Å². The van der Waals surface area contributed by atoms with Crippen LogP contribution in [0.25, 0.3) is 0 Å². The molecule has 0 heterocycles. The molecule has 0 saturated heterocycles. The average Bonchev–Trinajstić information content (AvgIpc) is 2.66. The van der Waals surface area contributed by atoms with Crippen LogP contribution in [0.4, 0.5) is 0 Å². The maximum atomic E-state index is 12.4. The summed E-state index contributed by atoms with van der Waals surface area (Å²) in [6.07, 6.45) is 0. The number of phosphoric acid groups is 1. The van der Waals surface area contributed by atoms with Crippen LogP contribution in [0.15, 0.2) is 60.7 Å². The van der Waals surface area contributed by atoms with Crippen LogP contribution in [0.2, 0.25) is 0 Å². The number of carbonyl (C=O) groups excluding carboxylic acids is 2. The van der Waals surface area contributed by atoms with Crippen LogP contribution in [-0.4, -0.2) is 18.4 Å². The second-order valence-corrected chi connectivity index (χ2v) is 6.16. The Morgan fingerprint density at radius 3 is 1.60 bits per heavy atom. The van der Waals surface area contributed by atoms with Crippen molar-refractivity contribution in [1.82, 2.24) is 11.0 Å². The summed E-state index contributed by atoms with van der Waals surface area (Å²) in [5.41, 5.74) is 4.55. The van der Waals surface area contributed by atoms with Crippen molar-refractivity contribution >= 4 is 19.6 Å². The van der Waals surface area contributed by atoms with Gasteiger partial charge in [-0.2, -0.15) is 9.25 Å². The average molecular weight is 364 g/mol. The quantitative estimate of drug-likeness (QED) is 0.552. The normalized spacial score (nSPS) is 10.9. The van der Waals surface area contributed by atoms with Gasteiger partial charge in [-0.05, 0) is 31.2 Å². The summed E-state index contributed by atoms with van der Waals surface area (Å²) in [6.45, 7) is 1.52. The molecule has 0 aromatic heterocycles. The van der Waals surface area contributed by atoms with E-state index in [-0.39, 0.29) is 6.61 Å². The van der Waals surface area contributed by atoms with Crippen molar-refractivity contribution in [2.45, 2.75) is 6.92 Å². The van der Waals surface area contributed by atoms with Gasteiger partial charge < -0.3 is 0 Å². The van der Waals surface area contributed by atoms with Gasteiger partial charge in [0.2, 0.25) is 0 Å². The molecule has 2 aromatic carbocycles. The van der Waals surface area contributed by atoms with Crippen LogP contribution in [0.3, 0.4) is 0 Å². The first-order valence-electron chi connectivity index (χ1n) is 7.36. The van der Waals surface area contributed by atoms with E-state index in [0.29, 0.717) is 11.1 Å². The molecule has 0 aliphatic heterocycles. The van der Waals surface area contributed by atoms with Crippen molar-refractivity contribution in [2.75, 3.05) is 6.61 Å². The highest BCUT2D eigenvalue weighted by molar-refractivity contribution is 7.48. The minimum Gasteiger partial charge on any atom is -0.285 e. The molecule has 0 aliphatic rings. The molecule has 0 atom stereocenters. The monoisotopic (exact) mass is 364 g/mol. The van der Waals surface area contributed by atoms with Crippen LogP contribution in [0, 0.1) is 0 Å². The minimum atomic E-state index is -4.23. The topological polar surface area (TPSA) is 103 Å². The Morgan fingerprint density at radius 2 is 1.24 bits per heavy atom. The fraction of sp³-hybridized carbons (Fsp3) is 0.125. The summed E-state index contributed by atoms with van der Waals surface area (Å²) < 4.78 is 26.8. The molecule has 0 unspecified atom stereocenters. The first kappa shape index (κ1) is 18.8. The van der Waals surface area contributed by atoms with Crippen molar-refractivity contribution in [1.29, 1.82) is 0 Å². The van der Waals surface area contributed by atoms with Gasteiger partial charge in [0.15, 0.2) is 0 Å². The highest BCUT2D eigenvalue weighted by Crippen LogP contribution is 2.47. The standard InChI is InChI=1S/C16H17N2O6P/c1-2-22-25(21,23-17-15(19)13-9-5-3-6-10-13)24-18-16(20)14-11-7-4-8-12-14/h3-12H,2H2,1H3,(H,17,19)(H,18,20). The first-order chi connectivity index (χ1) is 12.0. The second-order valence-electron chi connectivity index (χ2n) is 4.64. The Labute approximate surface area is 144 Å². The number of nitrogens with one attached hydrogen (secondary N) is 2. The van der Waals surface area contributed by atoms with Crippen LogP contribution >= 0.6 is 7.82 Å².